The van der Waals surface area contributed by atoms with E-state index in [0.717, 1.165) is 17.0 Å². The Labute approximate surface area is 116 Å². The second-order valence-corrected chi connectivity index (χ2v) is 4.33. The van der Waals surface area contributed by atoms with Crippen molar-refractivity contribution in [2.75, 3.05) is 0 Å². The van der Waals surface area contributed by atoms with Gasteiger partial charge in [-0.05, 0) is 25.1 Å². The van der Waals surface area contributed by atoms with Gasteiger partial charge in [0.05, 0.1) is 0 Å². The summed E-state index contributed by atoms with van der Waals surface area (Å²) in [7, 11) is 0. The third kappa shape index (κ3) is 2.85. The average Bonchev–Trinajstić information content (AvgIpc) is 2.40. The molecule has 0 atom stereocenters. The molecule has 0 bridgehead atoms. The van der Waals surface area contributed by atoms with Crippen molar-refractivity contribution in [3.63, 3.8) is 0 Å². The SMILES string of the molecule is C=CC(=O)Oc1ccc(OC(C)=O)c2cc(C)ccc12. The highest BCUT2D eigenvalue weighted by Gasteiger charge is 2.11. The van der Waals surface area contributed by atoms with E-state index in [-0.39, 0.29) is 0 Å². The number of esters is 2. The summed E-state index contributed by atoms with van der Waals surface area (Å²) in [5, 5.41) is 1.42. The van der Waals surface area contributed by atoms with Crippen LogP contribution in [0.2, 0.25) is 0 Å². The summed E-state index contributed by atoms with van der Waals surface area (Å²) in [4.78, 5) is 22.5. The van der Waals surface area contributed by atoms with E-state index in [4.69, 9.17) is 9.47 Å². The first-order valence-corrected chi connectivity index (χ1v) is 6.07. The Kier molecular flexibility index (Phi) is 3.84. The molecule has 0 saturated carbocycles. The van der Waals surface area contributed by atoms with Gasteiger partial charge in [-0.2, -0.15) is 0 Å². The van der Waals surface area contributed by atoms with Gasteiger partial charge in [-0.3, -0.25) is 4.79 Å². The first-order valence-electron chi connectivity index (χ1n) is 6.07. The molecule has 0 aliphatic carbocycles. The van der Waals surface area contributed by atoms with Crippen LogP contribution in [0.5, 0.6) is 11.5 Å². The minimum Gasteiger partial charge on any atom is -0.426 e. The molecule has 0 amide bonds. The van der Waals surface area contributed by atoms with Gasteiger partial charge in [0.25, 0.3) is 0 Å². The summed E-state index contributed by atoms with van der Waals surface area (Å²) in [6.07, 6.45) is 1.10. The highest BCUT2D eigenvalue weighted by Crippen LogP contribution is 2.34. The molecule has 102 valence electrons. The quantitative estimate of drug-likeness (QED) is 0.488. The van der Waals surface area contributed by atoms with Gasteiger partial charge in [-0.15, -0.1) is 0 Å². The molecule has 0 radical (unpaired) electrons. The molecule has 4 nitrogen and oxygen atoms in total. The van der Waals surface area contributed by atoms with Crippen LogP contribution in [-0.2, 0) is 9.59 Å². The van der Waals surface area contributed by atoms with Gasteiger partial charge >= 0.3 is 11.9 Å². The molecule has 0 aliphatic rings. The molecule has 2 aromatic rings. The number of hydrogen-bond donors (Lipinski definition) is 0. The van der Waals surface area contributed by atoms with Crippen LogP contribution >= 0.6 is 0 Å². The Hall–Kier alpha value is -2.62. The lowest BCUT2D eigenvalue weighted by molar-refractivity contribution is -0.132. The number of fused-ring (bicyclic) bond motifs is 1. The maximum atomic E-state index is 11.3. The molecule has 0 heterocycles. The van der Waals surface area contributed by atoms with E-state index in [1.54, 1.807) is 12.1 Å². The van der Waals surface area contributed by atoms with Crippen LogP contribution in [0, 0.1) is 6.92 Å². The van der Waals surface area contributed by atoms with Crippen molar-refractivity contribution in [3.8, 4) is 11.5 Å². The molecule has 2 aromatic carbocycles. The average molecular weight is 270 g/mol. The molecule has 0 unspecified atom stereocenters. The summed E-state index contributed by atoms with van der Waals surface area (Å²) >= 11 is 0. The summed E-state index contributed by atoms with van der Waals surface area (Å²) in [5.41, 5.74) is 1.01. The van der Waals surface area contributed by atoms with Crippen LogP contribution < -0.4 is 9.47 Å². The Balaban J connectivity index is 2.60. The number of carbonyl (C=O) groups excluding carboxylic acids is 2. The summed E-state index contributed by atoms with van der Waals surface area (Å²) in [6.45, 7) is 6.63. The van der Waals surface area contributed by atoms with Crippen molar-refractivity contribution >= 4 is 22.7 Å². The molecular weight excluding hydrogens is 256 g/mol. The van der Waals surface area contributed by atoms with Crippen LogP contribution in [-0.4, -0.2) is 11.9 Å². The van der Waals surface area contributed by atoms with Crippen molar-refractivity contribution in [1.82, 2.24) is 0 Å². The van der Waals surface area contributed by atoms with Gasteiger partial charge in [-0.25, -0.2) is 4.79 Å². The third-order valence-electron chi connectivity index (χ3n) is 2.72. The Morgan fingerprint density at radius 3 is 2.30 bits per heavy atom. The van der Waals surface area contributed by atoms with Crippen molar-refractivity contribution < 1.29 is 19.1 Å². The highest BCUT2D eigenvalue weighted by atomic mass is 16.5. The number of ether oxygens (including phenoxy) is 2. The fourth-order valence-corrected chi connectivity index (χ4v) is 1.89. The van der Waals surface area contributed by atoms with Gasteiger partial charge in [0.15, 0.2) is 0 Å². The van der Waals surface area contributed by atoms with Crippen molar-refractivity contribution in [2.24, 2.45) is 0 Å². The lowest BCUT2D eigenvalue weighted by atomic mass is 10.1. The normalized spacial score (nSPS) is 10.1. The lowest BCUT2D eigenvalue weighted by Gasteiger charge is -2.11. The fraction of sp³-hybridized carbons (Fsp3) is 0.125. The third-order valence-corrected chi connectivity index (χ3v) is 2.72. The smallest absolute Gasteiger partial charge is 0.335 e. The first kappa shape index (κ1) is 13.8. The zero-order valence-electron chi connectivity index (χ0n) is 11.3. The largest absolute Gasteiger partial charge is 0.426 e. The second-order valence-electron chi connectivity index (χ2n) is 4.33. The predicted octanol–water partition coefficient (Wildman–Crippen LogP) is 3.16. The molecule has 0 saturated heterocycles. The standard InChI is InChI=1S/C16H14O4/c1-4-16(18)20-14-7-8-15(19-11(3)17)13-9-10(2)5-6-12(13)14/h4-9H,1H2,2-3H3. The minimum absolute atomic E-state index is 0.399. The molecule has 0 fully saturated rings. The molecule has 0 spiro atoms. The van der Waals surface area contributed by atoms with E-state index < -0.39 is 11.9 Å². The summed E-state index contributed by atoms with van der Waals surface area (Å²) in [5.74, 6) is -0.0915. The van der Waals surface area contributed by atoms with Crippen LogP contribution in [0.4, 0.5) is 0 Å². The van der Waals surface area contributed by atoms with Gasteiger partial charge in [0.1, 0.15) is 11.5 Å². The van der Waals surface area contributed by atoms with Gasteiger partial charge in [0.2, 0.25) is 0 Å². The minimum atomic E-state index is -0.535. The number of carbonyl (C=O) groups is 2. The molecule has 4 heteroatoms. The van der Waals surface area contributed by atoms with E-state index in [9.17, 15) is 9.59 Å². The monoisotopic (exact) mass is 270 g/mol. The van der Waals surface area contributed by atoms with E-state index in [1.165, 1.54) is 6.92 Å². The maximum Gasteiger partial charge on any atom is 0.335 e. The van der Waals surface area contributed by atoms with Crippen molar-refractivity contribution in [1.29, 1.82) is 0 Å². The maximum absolute atomic E-state index is 11.3. The van der Waals surface area contributed by atoms with Crippen LogP contribution in [0.15, 0.2) is 43.0 Å². The van der Waals surface area contributed by atoms with Gasteiger partial charge < -0.3 is 9.47 Å². The van der Waals surface area contributed by atoms with Crippen LogP contribution in [0.25, 0.3) is 10.8 Å². The Morgan fingerprint density at radius 2 is 1.70 bits per heavy atom. The van der Waals surface area contributed by atoms with E-state index in [0.29, 0.717) is 16.9 Å². The molecule has 20 heavy (non-hydrogen) atoms. The van der Waals surface area contributed by atoms with Crippen molar-refractivity contribution in [3.05, 3.63) is 48.6 Å². The van der Waals surface area contributed by atoms with E-state index >= 15 is 0 Å². The number of benzene rings is 2. The highest BCUT2D eigenvalue weighted by molar-refractivity contribution is 5.97. The van der Waals surface area contributed by atoms with Gasteiger partial charge in [0, 0.05) is 23.8 Å². The zero-order chi connectivity index (χ0) is 14.7. The molecule has 2 rings (SSSR count). The Morgan fingerprint density at radius 1 is 1.05 bits per heavy atom. The predicted molar refractivity (Wildman–Crippen MR) is 75.8 cm³/mol. The zero-order valence-corrected chi connectivity index (χ0v) is 11.3. The van der Waals surface area contributed by atoms with Gasteiger partial charge in [-0.1, -0.05) is 24.3 Å². The van der Waals surface area contributed by atoms with E-state index in [1.807, 2.05) is 25.1 Å². The lowest BCUT2D eigenvalue weighted by Crippen LogP contribution is -2.05. The molecule has 0 aliphatic heterocycles. The summed E-state index contributed by atoms with van der Waals surface area (Å²) in [6, 6.07) is 8.79. The van der Waals surface area contributed by atoms with Crippen molar-refractivity contribution in [2.45, 2.75) is 13.8 Å². The fourth-order valence-electron chi connectivity index (χ4n) is 1.89. The number of aryl methyl sites for hydroxylation is 1. The van der Waals surface area contributed by atoms with E-state index in [2.05, 4.69) is 6.58 Å². The summed E-state index contributed by atoms with van der Waals surface area (Å²) < 4.78 is 10.3. The molecule has 0 N–H and O–H groups in total. The molecule has 0 aromatic heterocycles. The van der Waals surface area contributed by atoms with Crippen LogP contribution in [0.3, 0.4) is 0 Å². The second kappa shape index (κ2) is 5.57. The number of rotatable bonds is 3. The molecular formula is C16H14O4. The number of hydrogen-bond acceptors (Lipinski definition) is 4. The topological polar surface area (TPSA) is 52.6 Å². The Bertz CT molecular complexity index is 701. The van der Waals surface area contributed by atoms with Crippen LogP contribution in [0.1, 0.15) is 12.5 Å². The first-order chi connectivity index (χ1) is 9.51.